The number of rotatable bonds is 6. The number of phenols is 1. The molecule has 0 saturated carbocycles. The molecule has 4 rings (SSSR count). The first-order chi connectivity index (χ1) is 18.9. The maximum atomic E-state index is 13.4. The lowest BCUT2D eigenvalue weighted by Crippen LogP contribution is -2.29. The van der Waals surface area contributed by atoms with Gasteiger partial charge < -0.3 is 15.0 Å². The minimum atomic E-state index is -4.71. The molecule has 0 unspecified atom stereocenters. The van der Waals surface area contributed by atoms with Gasteiger partial charge in [-0.1, -0.05) is 29.3 Å². The molecule has 0 atom stereocenters. The van der Waals surface area contributed by atoms with Gasteiger partial charge in [0.05, 0.1) is 16.8 Å². The number of H-pyrrole nitrogens is 1. The molecule has 7 nitrogen and oxygen atoms in total. The number of aromatic amines is 1. The summed E-state index contributed by atoms with van der Waals surface area (Å²) in [5, 5.41) is 20.6. The lowest BCUT2D eigenvalue weighted by Gasteiger charge is -2.19. The predicted octanol–water partition coefficient (Wildman–Crippen LogP) is 6.32. The first-order valence-electron chi connectivity index (χ1n) is 11.6. The van der Waals surface area contributed by atoms with Crippen molar-refractivity contribution >= 4 is 29.1 Å². The van der Waals surface area contributed by atoms with Gasteiger partial charge in [-0.2, -0.15) is 18.4 Å². The summed E-state index contributed by atoms with van der Waals surface area (Å²) in [7, 11) is 1.53. The molecule has 0 saturated heterocycles. The van der Waals surface area contributed by atoms with Crippen LogP contribution in [0.2, 0.25) is 10.0 Å². The SMILES string of the molecule is CN(CCc1ccccn1)C(=O)c1cc(Cl)cc(-c2cc(-c3cc(C(F)(F)F)ccc3Cl)c(C#N)c(=O)[nH]2)c1O. The Balaban J connectivity index is 1.79. The highest BCUT2D eigenvalue weighted by atomic mass is 35.5. The van der Waals surface area contributed by atoms with Gasteiger partial charge in [-0.3, -0.25) is 14.6 Å². The van der Waals surface area contributed by atoms with Crippen LogP contribution in [0.3, 0.4) is 0 Å². The fourth-order valence-corrected chi connectivity index (χ4v) is 4.48. The number of carbonyl (C=O) groups is 1. The minimum absolute atomic E-state index is 0.0399. The molecule has 2 heterocycles. The number of phenolic OH excluding ortho intramolecular Hbond substituents is 1. The van der Waals surface area contributed by atoms with Crippen molar-refractivity contribution in [2.45, 2.75) is 12.6 Å². The lowest BCUT2D eigenvalue weighted by atomic mass is 9.96. The van der Waals surface area contributed by atoms with E-state index in [1.165, 1.54) is 30.1 Å². The number of carbonyl (C=O) groups excluding carboxylic acids is 1. The second-order valence-electron chi connectivity index (χ2n) is 8.75. The van der Waals surface area contributed by atoms with E-state index in [2.05, 4.69) is 9.97 Å². The zero-order valence-corrected chi connectivity index (χ0v) is 22.2. The van der Waals surface area contributed by atoms with E-state index >= 15 is 0 Å². The number of benzene rings is 2. The molecule has 2 aromatic carbocycles. The van der Waals surface area contributed by atoms with E-state index in [-0.39, 0.29) is 44.5 Å². The van der Waals surface area contributed by atoms with Gasteiger partial charge in [-0.15, -0.1) is 0 Å². The summed E-state index contributed by atoms with van der Waals surface area (Å²) >= 11 is 12.4. The van der Waals surface area contributed by atoms with Crippen molar-refractivity contribution in [3.05, 3.63) is 104 Å². The Morgan fingerprint density at radius 1 is 1.10 bits per heavy atom. The molecule has 0 radical (unpaired) electrons. The molecule has 0 bridgehead atoms. The van der Waals surface area contributed by atoms with Crippen molar-refractivity contribution in [3.8, 4) is 34.2 Å². The highest BCUT2D eigenvalue weighted by Crippen LogP contribution is 2.40. The number of likely N-dealkylation sites (N-methyl/N-ethyl adjacent to an activating group) is 1. The Kier molecular flexibility index (Phi) is 8.18. The number of aromatic hydroxyl groups is 1. The van der Waals surface area contributed by atoms with Crippen LogP contribution >= 0.6 is 23.2 Å². The summed E-state index contributed by atoms with van der Waals surface area (Å²) in [4.78, 5) is 34.0. The van der Waals surface area contributed by atoms with Gasteiger partial charge >= 0.3 is 6.18 Å². The molecule has 0 spiro atoms. The van der Waals surface area contributed by atoms with Crippen LogP contribution in [0.5, 0.6) is 5.75 Å². The summed E-state index contributed by atoms with van der Waals surface area (Å²) < 4.78 is 40.2. The second-order valence-corrected chi connectivity index (χ2v) is 9.60. The van der Waals surface area contributed by atoms with Gasteiger partial charge in [0.15, 0.2) is 0 Å². The maximum absolute atomic E-state index is 13.4. The summed E-state index contributed by atoms with van der Waals surface area (Å²) in [5.74, 6) is -1.10. The number of alkyl halides is 3. The van der Waals surface area contributed by atoms with Crippen LogP contribution in [-0.4, -0.2) is 39.5 Å². The standard InChI is InChI=1S/C28H19Cl2F3N4O3/c1-37(9-7-17-4-2-3-8-35-17)27(40)21-12-16(29)11-20(25(21)38)24-13-18(22(14-34)26(39)36-24)19-10-15(28(31,32)33)5-6-23(19)30/h2-6,8,10-13,38H,7,9H2,1H3,(H,36,39). The average Bonchev–Trinajstić information content (AvgIpc) is 2.92. The zero-order valence-electron chi connectivity index (χ0n) is 20.7. The third-order valence-corrected chi connectivity index (χ3v) is 6.65. The number of amides is 1. The fourth-order valence-electron chi connectivity index (χ4n) is 4.04. The van der Waals surface area contributed by atoms with Crippen molar-refractivity contribution < 1.29 is 23.1 Å². The Morgan fingerprint density at radius 3 is 2.50 bits per heavy atom. The van der Waals surface area contributed by atoms with E-state index in [9.17, 15) is 33.1 Å². The highest BCUT2D eigenvalue weighted by molar-refractivity contribution is 6.33. The van der Waals surface area contributed by atoms with E-state index in [4.69, 9.17) is 23.2 Å². The second kappa shape index (κ2) is 11.4. The molecule has 2 aromatic heterocycles. The molecule has 1 amide bonds. The highest BCUT2D eigenvalue weighted by Gasteiger charge is 2.31. The number of nitrogens with one attached hydrogen (secondary N) is 1. The lowest BCUT2D eigenvalue weighted by molar-refractivity contribution is -0.137. The number of nitrogens with zero attached hydrogens (tertiary/aromatic N) is 3. The number of aromatic nitrogens is 2. The molecule has 4 aromatic rings. The molecule has 12 heteroatoms. The largest absolute Gasteiger partial charge is 0.506 e. The average molecular weight is 587 g/mol. The van der Waals surface area contributed by atoms with Crippen molar-refractivity contribution in [2.24, 2.45) is 0 Å². The molecule has 2 N–H and O–H groups in total. The molecule has 40 heavy (non-hydrogen) atoms. The van der Waals surface area contributed by atoms with Gasteiger partial charge in [-0.25, -0.2) is 0 Å². The van der Waals surface area contributed by atoms with E-state index in [0.717, 1.165) is 23.9 Å². The first-order valence-corrected chi connectivity index (χ1v) is 12.4. The predicted molar refractivity (Wildman–Crippen MR) is 144 cm³/mol. The molecule has 0 aliphatic rings. The van der Waals surface area contributed by atoms with E-state index in [1.54, 1.807) is 18.3 Å². The normalized spacial score (nSPS) is 11.2. The summed E-state index contributed by atoms with van der Waals surface area (Å²) in [5.41, 5.74) is -2.48. The minimum Gasteiger partial charge on any atom is -0.506 e. The van der Waals surface area contributed by atoms with Crippen molar-refractivity contribution in [1.82, 2.24) is 14.9 Å². The zero-order chi connectivity index (χ0) is 29.2. The Morgan fingerprint density at radius 2 is 1.85 bits per heavy atom. The number of hydrogen-bond donors (Lipinski definition) is 2. The third-order valence-electron chi connectivity index (χ3n) is 6.10. The summed E-state index contributed by atoms with van der Waals surface area (Å²) in [6.45, 7) is 0.267. The van der Waals surface area contributed by atoms with Gasteiger partial charge in [0, 0.05) is 58.6 Å². The number of hydrogen-bond acceptors (Lipinski definition) is 5. The summed E-state index contributed by atoms with van der Waals surface area (Å²) in [6, 6.07) is 13.3. The van der Waals surface area contributed by atoms with Crippen LogP contribution in [0.25, 0.3) is 22.4 Å². The first kappa shape index (κ1) is 28.7. The third kappa shape index (κ3) is 5.96. The van der Waals surface area contributed by atoms with Crippen LogP contribution in [0, 0.1) is 11.3 Å². The smallest absolute Gasteiger partial charge is 0.416 e. The molecule has 0 fully saturated rings. The molecular formula is C28H19Cl2F3N4O3. The maximum Gasteiger partial charge on any atom is 0.416 e. The van der Waals surface area contributed by atoms with E-state index in [0.29, 0.717) is 6.42 Å². The molecular weight excluding hydrogens is 568 g/mol. The van der Waals surface area contributed by atoms with E-state index < -0.39 is 34.5 Å². The number of halogens is 5. The van der Waals surface area contributed by atoms with Gasteiger partial charge in [0.1, 0.15) is 17.4 Å². The van der Waals surface area contributed by atoms with E-state index in [1.807, 2.05) is 12.1 Å². The van der Waals surface area contributed by atoms with Crippen LogP contribution < -0.4 is 5.56 Å². The molecule has 0 aliphatic carbocycles. The van der Waals surface area contributed by atoms with Crippen LogP contribution in [0.15, 0.2) is 65.6 Å². The van der Waals surface area contributed by atoms with Crippen molar-refractivity contribution in [1.29, 1.82) is 5.26 Å². The summed E-state index contributed by atoms with van der Waals surface area (Å²) in [6.07, 6.45) is -2.63. The molecule has 204 valence electrons. The topological polar surface area (TPSA) is 110 Å². The quantitative estimate of drug-likeness (QED) is 0.274. The monoisotopic (exact) mass is 586 g/mol. The Bertz CT molecular complexity index is 1700. The van der Waals surface area contributed by atoms with Gasteiger partial charge in [0.25, 0.3) is 11.5 Å². The Hall–Kier alpha value is -4.33. The fraction of sp³-hybridized carbons (Fsp3) is 0.143. The van der Waals surface area contributed by atoms with Crippen LogP contribution in [0.4, 0.5) is 13.2 Å². The van der Waals surface area contributed by atoms with Crippen LogP contribution in [0.1, 0.15) is 27.2 Å². The number of nitriles is 1. The van der Waals surface area contributed by atoms with Crippen molar-refractivity contribution in [2.75, 3.05) is 13.6 Å². The van der Waals surface area contributed by atoms with Crippen LogP contribution in [-0.2, 0) is 12.6 Å². The van der Waals surface area contributed by atoms with Gasteiger partial charge in [0.2, 0.25) is 0 Å². The van der Waals surface area contributed by atoms with Gasteiger partial charge in [-0.05, 0) is 48.5 Å². The van der Waals surface area contributed by atoms with Crippen molar-refractivity contribution in [3.63, 3.8) is 0 Å². The Labute approximate surface area is 236 Å². The molecule has 0 aliphatic heterocycles. The number of pyridine rings is 2.